The molecule has 0 saturated heterocycles. The van der Waals surface area contributed by atoms with Crippen molar-refractivity contribution >= 4 is 0 Å². The first kappa shape index (κ1) is 19.5. The minimum atomic E-state index is -1.57. The van der Waals surface area contributed by atoms with Crippen LogP contribution in [0.15, 0.2) is 11.7 Å². The summed E-state index contributed by atoms with van der Waals surface area (Å²) in [6.45, 7) is 2.95. The second-order valence-electron chi connectivity index (χ2n) is 11.3. The topological polar surface area (TPSA) is 29.5 Å². The van der Waals surface area contributed by atoms with E-state index in [-0.39, 0.29) is 18.3 Å². The molecule has 0 atom stereocenters. The van der Waals surface area contributed by atoms with Gasteiger partial charge in [0.15, 0.2) is 11.7 Å². The monoisotopic (exact) mass is 394 g/mol. The van der Waals surface area contributed by atoms with Gasteiger partial charge in [0.1, 0.15) is 11.2 Å². The van der Waals surface area contributed by atoms with Crippen LogP contribution in [0.25, 0.3) is 0 Å². The second-order valence-corrected chi connectivity index (χ2v) is 11.3. The van der Waals surface area contributed by atoms with E-state index >= 15 is 0 Å². The minimum Gasteiger partial charge on any atom is -0.383 e. The summed E-state index contributed by atoms with van der Waals surface area (Å²) in [5.41, 5.74) is -1.95. The standard InChI is InChI=1S/C24H36F2O2/c1-17-2-4-18(5-3-17)22-9-6-21(7-10-22,8-11-22)16-28-24-14-12-23(27,13-15-24)19(25)20(24)26/h17-18,27H,2-16H2,1H3. The van der Waals surface area contributed by atoms with Crippen molar-refractivity contribution in [2.24, 2.45) is 22.7 Å². The Labute approximate surface area is 168 Å². The fourth-order valence-electron chi connectivity index (χ4n) is 7.40. The Hall–Kier alpha value is -0.480. The van der Waals surface area contributed by atoms with Crippen LogP contribution in [-0.4, -0.2) is 22.9 Å². The predicted octanol–water partition coefficient (Wildman–Crippen LogP) is 6.38. The summed E-state index contributed by atoms with van der Waals surface area (Å²) in [5, 5.41) is 10.2. The van der Waals surface area contributed by atoms with Crippen LogP contribution in [0.3, 0.4) is 0 Å². The van der Waals surface area contributed by atoms with Crippen LogP contribution in [-0.2, 0) is 4.74 Å². The van der Waals surface area contributed by atoms with Crippen LogP contribution < -0.4 is 0 Å². The molecule has 0 unspecified atom stereocenters. The molecule has 0 spiro atoms. The summed E-state index contributed by atoms with van der Waals surface area (Å²) in [4.78, 5) is 0. The molecule has 0 aromatic rings. The van der Waals surface area contributed by atoms with E-state index in [2.05, 4.69) is 6.92 Å². The molecular weight excluding hydrogens is 358 g/mol. The Kier molecular flexibility index (Phi) is 4.53. The normalized spacial score (nSPS) is 51.0. The fourth-order valence-corrected chi connectivity index (χ4v) is 7.40. The summed E-state index contributed by atoms with van der Waals surface area (Å²) in [6.07, 6.45) is 14.4. The fraction of sp³-hybridized carbons (Fsp3) is 0.917. The molecule has 0 heterocycles. The van der Waals surface area contributed by atoms with Gasteiger partial charge in [0.05, 0.1) is 6.61 Å². The molecule has 7 aliphatic carbocycles. The van der Waals surface area contributed by atoms with Gasteiger partial charge in [0, 0.05) is 0 Å². The van der Waals surface area contributed by atoms with Gasteiger partial charge >= 0.3 is 0 Å². The molecule has 28 heavy (non-hydrogen) atoms. The highest BCUT2D eigenvalue weighted by Crippen LogP contribution is 2.63. The Morgan fingerprint density at radius 1 is 0.821 bits per heavy atom. The van der Waals surface area contributed by atoms with E-state index in [0.717, 1.165) is 11.8 Å². The van der Waals surface area contributed by atoms with Crippen LogP contribution in [0.4, 0.5) is 8.78 Å². The van der Waals surface area contributed by atoms with Crippen LogP contribution in [0.1, 0.15) is 96.8 Å². The quantitative estimate of drug-likeness (QED) is 0.600. The Bertz CT molecular complexity index is 629. The number of fused-ring (bicyclic) bond motifs is 5. The lowest BCUT2D eigenvalue weighted by Gasteiger charge is -2.58. The van der Waals surface area contributed by atoms with Crippen molar-refractivity contribution in [3.05, 3.63) is 11.7 Å². The lowest BCUT2D eigenvalue weighted by Crippen LogP contribution is -2.54. The third-order valence-corrected chi connectivity index (χ3v) is 9.88. The molecule has 2 nitrogen and oxygen atoms in total. The third-order valence-electron chi connectivity index (χ3n) is 9.88. The first-order valence-electron chi connectivity index (χ1n) is 11.7. The van der Waals surface area contributed by atoms with Crippen molar-refractivity contribution in [1.82, 2.24) is 0 Å². The molecule has 5 fully saturated rings. The largest absolute Gasteiger partial charge is 0.383 e. The van der Waals surface area contributed by atoms with Crippen LogP contribution in [0, 0.1) is 22.7 Å². The van der Waals surface area contributed by atoms with Gasteiger partial charge in [-0.25, -0.2) is 8.78 Å². The lowest BCUT2D eigenvalue weighted by atomic mass is 9.48. The zero-order valence-corrected chi connectivity index (χ0v) is 17.4. The van der Waals surface area contributed by atoms with E-state index in [1.807, 2.05) is 0 Å². The van der Waals surface area contributed by atoms with Gasteiger partial charge in [-0.2, -0.15) is 0 Å². The first-order valence-corrected chi connectivity index (χ1v) is 11.7. The maximum Gasteiger partial charge on any atom is 0.166 e. The van der Waals surface area contributed by atoms with Crippen LogP contribution in [0.2, 0.25) is 0 Å². The van der Waals surface area contributed by atoms with E-state index in [9.17, 15) is 13.9 Å². The highest BCUT2D eigenvalue weighted by Gasteiger charge is 2.58. The molecule has 5 saturated carbocycles. The zero-order valence-electron chi connectivity index (χ0n) is 17.4. The van der Waals surface area contributed by atoms with Gasteiger partial charge in [-0.05, 0) is 99.7 Å². The predicted molar refractivity (Wildman–Crippen MR) is 105 cm³/mol. The van der Waals surface area contributed by atoms with E-state index in [0.29, 0.717) is 24.9 Å². The van der Waals surface area contributed by atoms with Crippen molar-refractivity contribution in [2.45, 2.75) is 108 Å². The minimum absolute atomic E-state index is 0.167. The molecule has 7 aliphatic rings. The van der Waals surface area contributed by atoms with Gasteiger partial charge in [0.25, 0.3) is 0 Å². The van der Waals surface area contributed by atoms with Crippen molar-refractivity contribution in [1.29, 1.82) is 0 Å². The SMILES string of the molecule is CC1CCC(C23CCC(COC45CCC(O)(CC4)C(F)=C5F)(CC2)CC3)CC1. The Morgan fingerprint density at radius 2 is 1.39 bits per heavy atom. The molecule has 0 aromatic heterocycles. The van der Waals surface area contributed by atoms with Gasteiger partial charge < -0.3 is 9.84 Å². The summed E-state index contributed by atoms with van der Waals surface area (Å²) >= 11 is 0. The Morgan fingerprint density at radius 3 is 1.96 bits per heavy atom. The number of aliphatic hydroxyl groups is 1. The van der Waals surface area contributed by atoms with Crippen molar-refractivity contribution < 1.29 is 18.6 Å². The van der Waals surface area contributed by atoms with Crippen molar-refractivity contribution in [3.8, 4) is 0 Å². The maximum absolute atomic E-state index is 14.7. The number of hydrogen-bond acceptors (Lipinski definition) is 2. The molecule has 7 rings (SSSR count). The summed E-state index contributed by atoms with van der Waals surface area (Å²) in [6, 6.07) is 0. The summed E-state index contributed by atoms with van der Waals surface area (Å²) < 4.78 is 35.3. The van der Waals surface area contributed by atoms with Gasteiger partial charge in [-0.15, -0.1) is 0 Å². The number of halogens is 2. The van der Waals surface area contributed by atoms with Crippen LogP contribution >= 0.6 is 0 Å². The van der Waals surface area contributed by atoms with Crippen LogP contribution in [0.5, 0.6) is 0 Å². The highest BCUT2D eigenvalue weighted by atomic mass is 19.2. The highest BCUT2D eigenvalue weighted by molar-refractivity contribution is 5.30. The first-order chi connectivity index (χ1) is 13.3. The summed E-state index contributed by atoms with van der Waals surface area (Å²) in [7, 11) is 0. The van der Waals surface area contributed by atoms with Gasteiger partial charge in [0.2, 0.25) is 0 Å². The number of hydrogen-bond donors (Lipinski definition) is 1. The molecule has 4 bridgehead atoms. The van der Waals surface area contributed by atoms with E-state index < -0.39 is 22.9 Å². The Balaban J connectivity index is 1.24. The molecule has 0 amide bonds. The molecule has 0 radical (unpaired) electrons. The number of rotatable bonds is 4. The van der Waals surface area contributed by atoms with E-state index in [1.165, 1.54) is 64.2 Å². The number of ether oxygens (including phenoxy) is 1. The summed E-state index contributed by atoms with van der Waals surface area (Å²) in [5.74, 6) is 0.0328. The average molecular weight is 395 g/mol. The molecule has 4 heteroatoms. The van der Waals surface area contributed by atoms with Gasteiger partial charge in [-0.1, -0.05) is 19.8 Å². The average Bonchev–Trinajstić information content (AvgIpc) is 2.73. The second kappa shape index (κ2) is 6.51. The molecule has 0 aliphatic heterocycles. The van der Waals surface area contributed by atoms with Crippen molar-refractivity contribution in [3.63, 3.8) is 0 Å². The smallest absolute Gasteiger partial charge is 0.166 e. The lowest BCUT2D eigenvalue weighted by molar-refractivity contribution is -0.166. The van der Waals surface area contributed by atoms with E-state index in [1.54, 1.807) is 0 Å². The molecular formula is C24H36F2O2. The molecule has 158 valence electrons. The van der Waals surface area contributed by atoms with Crippen molar-refractivity contribution in [2.75, 3.05) is 6.61 Å². The zero-order chi connectivity index (χ0) is 19.6. The maximum atomic E-state index is 14.7. The van der Waals surface area contributed by atoms with Gasteiger partial charge in [-0.3, -0.25) is 0 Å². The van der Waals surface area contributed by atoms with E-state index in [4.69, 9.17) is 4.74 Å². The molecule has 1 N–H and O–H groups in total. The molecule has 0 aromatic carbocycles. The third kappa shape index (κ3) is 2.84.